The maximum atomic E-state index is 5.59. The summed E-state index contributed by atoms with van der Waals surface area (Å²) < 4.78 is 7.51. The third kappa shape index (κ3) is 3.47. The van der Waals surface area contributed by atoms with Crippen LogP contribution in [0.4, 0.5) is 5.82 Å². The fourth-order valence-corrected chi connectivity index (χ4v) is 3.84. The molecule has 0 spiro atoms. The second kappa shape index (κ2) is 7.64. The van der Waals surface area contributed by atoms with E-state index in [9.17, 15) is 0 Å². The molecule has 0 atom stereocenters. The molecule has 3 heterocycles. The molecular formula is C23H23N5O. The van der Waals surface area contributed by atoms with Crippen LogP contribution in [0.2, 0.25) is 0 Å². The standard InChI is InChI=1S/C23H23N5O/c1-17-20(16-18-8-4-2-5-9-18)22(27-12-14-29-15-13-27)28-23(24-17)25-21(26-28)19-10-6-3-7-11-19/h2-11H,12-16H2,1H3. The monoisotopic (exact) mass is 385 g/mol. The summed E-state index contributed by atoms with van der Waals surface area (Å²) in [6.07, 6.45) is 0.808. The van der Waals surface area contributed by atoms with E-state index < -0.39 is 0 Å². The van der Waals surface area contributed by atoms with Crippen LogP contribution in [0.3, 0.4) is 0 Å². The van der Waals surface area contributed by atoms with Gasteiger partial charge in [-0.25, -0.2) is 4.98 Å². The number of hydrogen-bond acceptors (Lipinski definition) is 5. The lowest BCUT2D eigenvalue weighted by Gasteiger charge is -2.31. The van der Waals surface area contributed by atoms with Crippen LogP contribution in [0.25, 0.3) is 17.2 Å². The fourth-order valence-electron chi connectivity index (χ4n) is 3.84. The first-order valence-electron chi connectivity index (χ1n) is 9.98. The summed E-state index contributed by atoms with van der Waals surface area (Å²) in [7, 11) is 0. The number of hydrogen-bond donors (Lipinski definition) is 0. The number of aromatic nitrogens is 4. The average Bonchev–Trinajstić information content (AvgIpc) is 3.19. The average molecular weight is 385 g/mol. The zero-order chi connectivity index (χ0) is 19.6. The molecule has 0 saturated carbocycles. The van der Waals surface area contributed by atoms with E-state index in [0.29, 0.717) is 24.8 Å². The molecule has 0 unspecified atom stereocenters. The molecule has 4 aromatic rings. The number of morpholine rings is 1. The van der Waals surface area contributed by atoms with Gasteiger partial charge in [-0.1, -0.05) is 60.7 Å². The van der Waals surface area contributed by atoms with Gasteiger partial charge in [-0.2, -0.15) is 9.50 Å². The number of nitrogens with zero attached hydrogens (tertiary/aromatic N) is 5. The number of benzene rings is 2. The van der Waals surface area contributed by atoms with E-state index in [1.807, 2.05) is 40.9 Å². The van der Waals surface area contributed by atoms with E-state index >= 15 is 0 Å². The van der Waals surface area contributed by atoms with Gasteiger partial charge in [-0.3, -0.25) is 0 Å². The van der Waals surface area contributed by atoms with Crippen LogP contribution in [0.1, 0.15) is 16.8 Å². The topological polar surface area (TPSA) is 55.5 Å². The lowest BCUT2D eigenvalue weighted by Crippen LogP contribution is -2.38. The first-order chi connectivity index (χ1) is 14.3. The Kier molecular flexibility index (Phi) is 4.69. The largest absolute Gasteiger partial charge is 0.378 e. The predicted octanol–water partition coefficient (Wildman–Crippen LogP) is 3.53. The van der Waals surface area contributed by atoms with Crippen LogP contribution >= 0.6 is 0 Å². The summed E-state index contributed by atoms with van der Waals surface area (Å²) in [5, 5.41) is 4.86. The number of ether oxygens (including phenoxy) is 1. The highest BCUT2D eigenvalue weighted by molar-refractivity contribution is 5.61. The van der Waals surface area contributed by atoms with Gasteiger partial charge < -0.3 is 9.64 Å². The Morgan fingerprint density at radius 2 is 1.59 bits per heavy atom. The highest BCUT2D eigenvalue weighted by atomic mass is 16.5. The van der Waals surface area contributed by atoms with Crippen molar-refractivity contribution in [2.75, 3.05) is 31.2 Å². The van der Waals surface area contributed by atoms with Gasteiger partial charge in [0.1, 0.15) is 5.82 Å². The van der Waals surface area contributed by atoms with E-state index in [1.165, 1.54) is 11.1 Å². The maximum absolute atomic E-state index is 5.59. The molecule has 29 heavy (non-hydrogen) atoms. The third-order valence-electron chi connectivity index (χ3n) is 5.33. The fraction of sp³-hybridized carbons (Fsp3) is 0.261. The van der Waals surface area contributed by atoms with Crippen molar-refractivity contribution in [3.63, 3.8) is 0 Å². The smallest absolute Gasteiger partial charge is 0.254 e. The van der Waals surface area contributed by atoms with Gasteiger partial charge in [-0.15, -0.1) is 5.10 Å². The van der Waals surface area contributed by atoms with E-state index in [2.05, 4.69) is 36.1 Å². The molecule has 0 aliphatic carbocycles. The minimum Gasteiger partial charge on any atom is -0.378 e. The van der Waals surface area contributed by atoms with Crippen molar-refractivity contribution < 1.29 is 4.74 Å². The molecule has 0 radical (unpaired) electrons. The number of rotatable bonds is 4. The number of anilines is 1. The van der Waals surface area contributed by atoms with Gasteiger partial charge >= 0.3 is 0 Å². The van der Waals surface area contributed by atoms with Crippen molar-refractivity contribution in [1.82, 2.24) is 19.6 Å². The maximum Gasteiger partial charge on any atom is 0.254 e. The molecule has 0 amide bonds. The van der Waals surface area contributed by atoms with Gasteiger partial charge in [0.15, 0.2) is 5.82 Å². The van der Waals surface area contributed by atoms with Gasteiger partial charge in [0.05, 0.1) is 13.2 Å². The van der Waals surface area contributed by atoms with Gasteiger partial charge in [0, 0.05) is 36.3 Å². The number of aryl methyl sites for hydroxylation is 1. The molecule has 146 valence electrons. The zero-order valence-electron chi connectivity index (χ0n) is 16.5. The van der Waals surface area contributed by atoms with Crippen LogP contribution in [0.5, 0.6) is 0 Å². The Labute approximate surface area is 169 Å². The molecule has 1 fully saturated rings. The van der Waals surface area contributed by atoms with Gasteiger partial charge in [0.2, 0.25) is 0 Å². The zero-order valence-corrected chi connectivity index (χ0v) is 16.5. The molecule has 0 N–H and O–H groups in total. The quantitative estimate of drug-likeness (QED) is 0.538. The molecule has 1 aliphatic heterocycles. The Morgan fingerprint density at radius 3 is 2.31 bits per heavy atom. The summed E-state index contributed by atoms with van der Waals surface area (Å²) in [5.41, 5.74) is 4.44. The summed E-state index contributed by atoms with van der Waals surface area (Å²) in [6, 6.07) is 20.6. The van der Waals surface area contributed by atoms with Crippen molar-refractivity contribution >= 4 is 11.6 Å². The molecule has 2 aromatic carbocycles. The summed E-state index contributed by atoms with van der Waals surface area (Å²) in [5.74, 6) is 2.41. The van der Waals surface area contributed by atoms with Crippen LogP contribution in [0.15, 0.2) is 60.7 Å². The van der Waals surface area contributed by atoms with Crippen molar-refractivity contribution in [2.45, 2.75) is 13.3 Å². The summed E-state index contributed by atoms with van der Waals surface area (Å²) >= 11 is 0. The van der Waals surface area contributed by atoms with E-state index in [1.54, 1.807) is 0 Å². The van der Waals surface area contributed by atoms with Gasteiger partial charge in [-0.05, 0) is 12.5 Å². The van der Waals surface area contributed by atoms with Crippen LogP contribution in [0, 0.1) is 6.92 Å². The third-order valence-corrected chi connectivity index (χ3v) is 5.33. The second-order valence-corrected chi connectivity index (χ2v) is 7.27. The molecule has 6 heteroatoms. The first-order valence-corrected chi connectivity index (χ1v) is 9.98. The normalized spacial score (nSPS) is 14.4. The molecule has 5 rings (SSSR count). The lowest BCUT2D eigenvalue weighted by atomic mass is 10.0. The Morgan fingerprint density at radius 1 is 0.897 bits per heavy atom. The Balaban J connectivity index is 1.69. The van der Waals surface area contributed by atoms with Crippen LogP contribution in [-0.2, 0) is 11.2 Å². The van der Waals surface area contributed by atoms with Crippen molar-refractivity contribution in [3.05, 3.63) is 77.5 Å². The highest BCUT2D eigenvalue weighted by Crippen LogP contribution is 2.28. The summed E-state index contributed by atoms with van der Waals surface area (Å²) in [4.78, 5) is 11.9. The van der Waals surface area contributed by atoms with Crippen LogP contribution < -0.4 is 4.90 Å². The van der Waals surface area contributed by atoms with Gasteiger partial charge in [0.25, 0.3) is 5.78 Å². The van der Waals surface area contributed by atoms with Crippen molar-refractivity contribution in [3.8, 4) is 11.4 Å². The number of fused-ring (bicyclic) bond motifs is 1. The SMILES string of the molecule is Cc1nc2nc(-c3ccccc3)nn2c(N2CCOCC2)c1Cc1ccccc1. The lowest BCUT2D eigenvalue weighted by molar-refractivity contribution is 0.122. The van der Waals surface area contributed by atoms with Crippen LogP contribution in [-0.4, -0.2) is 45.9 Å². The Bertz CT molecular complexity index is 1120. The minimum atomic E-state index is 0.639. The first kappa shape index (κ1) is 17.8. The molecule has 1 aliphatic rings. The Hall–Kier alpha value is -3.25. The highest BCUT2D eigenvalue weighted by Gasteiger charge is 2.23. The van der Waals surface area contributed by atoms with Crippen molar-refractivity contribution in [1.29, 1.82) is 0 Å². The molecular weight excluding hydrogens is 362 g/mol. The predicted molar refractivity (Wildman–Crippen MR) is 113 cm³/mol. The second-order valence-electron chi connectivity index (χ2n) is 7.27. The van der Waals surface area contributed by atoms with E-state index in [0.717, 1.165) is 36.6 Å². The molecule has 6 nitrogen and oxygen atoms in total. The summed E-state index contributed by atoms with van der Waals surface area (Å²) in [6.45, 7) is 5.17. The minimum absolute atomic E-state index is 0.639. The van der Waals surface area contributed by atoms with Crippen molar-refractivity contribution in [2.24, 2.45) is 0 Å². The van der Waals surface area contributed by atoms with E-state index in [4.69, 9.17) is 19.8 Å². The molecule has 0 bridgehead atoms. The molecule has 1 saturated heterocycles. The van der Waals surface area contributed by atoms with E-state index in [-0.39, 0.29) is 0 Å². The molecule has 2 aromatic heterocycles.